The third-order valence-corrected chi connectivity index (χ3v) is 4.37. The van der Waals surface area contributed by atoms with Gasteiger partial charge in [-0.25, -0.2) is 0 Å². The summed E-state index contributed by atoms with van der Waals surface area (Å²) in [4.78, 5) is 15.8. The van der Waals surface area contributed by atoms with Gasteiger partial charge in [0.1, 0.15) is 18.5 Å². The Hall–Kier alpha value is -1.59. The molecule has 1 N–H and O–H groups in total. The Kier molecular flexibility index (Phi) is 6.42. The zero-order valence-electron chi connectivity index (χ0n) is 14.4. The molecule has 1 aliphatic heterocycles. The van der Waals surface area contributed by atoms with Gasteiger partial charge in [-0.3, -0.25) is 4.79 Å². The van der Waals surface area contributed by atoms with Crippen LogP contribution in [0.5, 0.6) is 5.75 Å². The Labute approximate surface area is 138 Å². The van der Waals surface area contributed by atoms with Crippen molar-refractivity contribution in [2.75, 3.05) is 40.3 Å². The fourth-order valence-corrected chi connectivity index (χ4v) is 2.98. The van der Waals surface area contributed by atoms with Gasteiger partial charge in [-0.05, 0) is 44.5 Å². The Balaban J connectivity index is 1.72. The van der Waals surface area contributed by atoms with Crippen LogP contribution >= 0.6 is 0 Å². The number of rotatable bonds is 6. The first kappa shape index (κ1) is 17.8. The summed E-state index contributed by atoms with van der Waals surface area (Å²) < 4.78 is 5.69. The Morgan fingerprint density at radius 2 is 2.00 bits per heavy atom. The van der Waals surface area contributed by atoms with Crippen LogP contribution < -0.4 is 4.74 Å². The highest BCUT2D eigenvalue weighted by molar-refractivity contribution is 5.78. The van der Waals surface area contributed by atoms with Crippen molar-refractivity contribution < 1.29 is 14.6 Å². The molecule has 1 fully saturated rings. The highest BCUT2D eigenvalue weighted by Gasteiger charge is 2.26. The first-order valence-electron chi connectivity index (χ1n) is 8.27. The fraction of sp³-hybridized carbons (Fsp3) is 0.611. The van der Waals surface area contributed by atoms with Crippen LogP contribution in [0, 0.1) is 12.8 Å². The van der Waals surface area contributed by atoms with Gasteiger partial charge in [-0.15, -0.1) is 0 Å². The Morgan fingerprint density at radius 1 is 1.35 bits per heavy atom. The first-order chi connectivity index (χ1) is 11.0. The highest BCUT2D eigenvalue weighted by Crippen LogP contribution is 2.20. The molecule has 5 heteroatoms. The van der Waals surface area contributed by atoms with Gasteiger partial charge in [0.05, 0.1) is 0 Å². The highest BCUT2D eigenvalue weighted by atomic mass is 16.5. The van der Waals surface area contributed by atoms with E-state index < -0.39 is 6.10 Å². The normalized spacial score (nSPS) is 17.7. The zero-order chi connectivity index (χ0) is 16.8. The number of para-hydroxylation sites is 1. The molecule has 1 unspecified atom stereocenters. The van der Waals surface area contributed by atoms with Crippen molar-refractivity contribution in [2.45, 2.75) is 25.9 Å². The number of aryl methyl sites for hydroxylation is 1. The van der Waals surface area contributed by atoms with Crippen LogP contribution in [0.2, 0.25) is 0 Å². The Bertz CT molecular complexity index is 511. The quantitative estimate of drug-likeness (QED) is 0.864. The summed E-state index contributed by atoms with van der Waals surface area (Å²) in [6, 6.07) is 7.81. The fourth-order valence-electron chi connectivity index (χ4n) is 2.98. The lowest BCUT2D eigenvalue weighted by Gasteiger charge is -2.33. The number of carbonyl (C=O) groups excluding carboxylic acids is 1. The number of aliphatic hydroxyl groups excluding tert-OH is 1. The van der Waals surface area contributed by atoms with Crippen LogP contribution in [-0.4, -0.2) is 67.3 Å². The van der Waals surface area contributed by atoms with Gasteiger partial charge >= 0.3 is 0 Å². The maximum Gasteiger partial charge on any atom is 0.225 e. The van der Waals surface area contributed by atoms with Crippen LogP contribution in [0.3, 0.4) is 0 Å². The minimum atomic E-state index is -0.518. The number of hydrogen-bond acceptors (Lipinski definition) is 4. The summed E-state index contributed by atoms with van der Waals surface area (Å²) in [5.74, 6) is 1.16. The van der Waals surface area contributed by atoms with E-state index in [-0.39, 0.29) is 11.8 Å². The van der Waals surface area contributed by atoms with Gasteiger partial charge in [0, 0.05) is 26.6 Å². The summed E-state index contributed by atoms with van der Waals surface area (Å²) >= 11 is 0. The molecule has 1 saturated heterocycles. The minimum Gasteiger partial charge on any atom is -0.491 e. The number of likely N-dealkylation sites (tertiary alicyclic amines) is 1. The lowest BCUT2D eigenvalue weighted by molar-refractivity contribution is -0.134. The van der Waals surface area contributed by atoms with Crippen molar-refractivity contribution in [1.82, 2.24) is 9.80 Å². The summed E-state index contributed by atoms with van der Waals surface area (Å²) in [5, 5.41) is 10.2. The summed E-state index contributed by atoms with van der Waals surface area (Å²) in [6.07, 6.45) is 1.21. The number of nitrogens with zero attached hydrogens (tertiary/aromatic N) is 2. The minimum absolute atomic E-state index is 0.126. The van der Waals surface area contributed by atoms with Crippen molar-refractivity contribution in [2.24, 2.45) is 5.92 Å². The molecule has 0 radical (unpaired) electrons. The molecule has 0 saturated carbocycles. The maximum absolute atomic E-state index is 12.0. The molecule has 1 amide bonds. The average molecular weight is 320 g/mol. The van der Waals surface area contributed by atoms with Gasteiger partial charge in [0.25, 0.3) is 0 Å². The first-order valence-corrected chi connectivity index (χ1v) is 8.27. The number of benzene rings is 1. The van der Waals surface area contributed by atoms with Crippen molar-refractivity contribution in [3.8, 4) is 5.75 Å². The van der Waals surface area contributed by atoms with Crippen molar-refractivity contribution in [1.29, 1.82) is 0 Å². The molecule has 2 rings (SSSR count). The van der Waals surface area contributed by atoms with E-state index in [4.69, 9.17) is 4.74 Å². The molecule has 1 aliphatic rings. The van der Waals surface area contributed by atoms with Crippen molar-refractivity contribution in [3.63, 3.8) is 0 Å². The lowest BCUT2D eigenvalue weighted by Crippen LogP contribution is -2.43. The average Bonchev–Trinajstić information content (AvgIpc) is 2.54. The molecule has 23 heavy (non-hydrogen) atoms. The van der Waals surface area contributed by atoms with Crippen LogP contribution in [0.4, 0.5) is 0 Å². The molecule has 128 valence electrons. The standard InChI is InChI=1S/C18H28N2O3/c1-14-6-4-5-7-17(14)23-13-16(21)12-20-10-8-15(9-11-20)18(22)19(2)3/h4-7,15-16,21H,8-13H2,1-3H3. The summed E-state index contributed by atoms with van der Waals surface area (Å²) in [7, 11) is 3.61. The number of aliphatic hydroxyl groups is 1. The summed E-state index contributed by atoms with van der Waals surface area (Å²) in [5.41, 5.74) is 1.07. The van der Waals surface area contributed by atoms with E-state index in [1.165, 1.54) is 0 Å². The lowest BCUT2D eigenvalue weighted by atomic mass is 9.95. The number of ether oxygens (including phenoxy) is 1. The topological polar surface area (TPSA) is 53.0 Å². The van der Waals surface area contributed by atoms with Gasteiger partial charge in [0.15, 0.2) is 0 Å². The Morgan fingerprint density at radius 3 is 2.61 bits per heavy atom. The molecular weight excluding hydrogens is 292 g/mol. The monoisotopic (exact) mass is 320 g/mol. The third-order valence-electron chi connectivity index (χ3n) is 4.37. The molecule has 0 aromatic heterocycles. The largest absolute Gasteiger partial charge is 0.491 e. The van der Waals surface area contributed by atoms with Crippen molar-refractivity contribution >= 4 is 5.91 Å². The molecule has 0 bridgehead atoms. The second-order valence-corrected chi connectivity index (χ2v) is 6.54. The van der Waals surface area contributed by atoms with E-state index in [1.54, 1.807) is 19.0 Å². The van der Waals surface area contributed by atoms with Crippen LogP contribution in [0.25, 0.3) is 0 Å². The van der Waals surface area contributed by atoms with Gasteiger partial charge < -0.3 is 19.6 Å². The van der Waals surface area contributed by atoms with Crippen LogP contribution in [-0.2, 0) is 4.79 Å². The van der Waals surface area contributed by atoms with Gasteiger partial charge in [-0.1, -0.05) is 18.2 Å². The molecule has 1 heterocycles. The molecule has 0 spiro atoms. The number of β-amino-alcohol motifs (C(OH)–C–C–N with tert-alkyl or cyclic N) is 1. The number of piperidine rings is 1. The summed E-state index contributed by atoms with van der Waals surface area (Å²) in [6.45, 7) is 4.59. The van der Waals surface area contributed by atoms with Crippen LogP contribution in [0.1, 0.15) is 18.4 Å². The number of carbonyl (C=O) groups is 1. The second kappa shape index (κ2) is 8.31. The van der Waals surface area contributed by atoms with E-state index in [0.717, 1.165) is 37.2 Å². The van der Waals surface area contributed by atoms with Gasteiger partial charge in [0.2, 0.25) is 5.91 Å². The van der Waals surface area contributed by atoms with Gasteiger partial charge in [-0.2, -0.15) is 0 Å². The van der Waals surface area contributed by atoms with E-state index in [9.17, 15) is 9.90 Å². The van der Waals surface area contributed by atoms with E-state index in [2.05, 4.69) is 4.90 Å². The third kappa shape index (κ3) is 5.22. The predicted octanol–water partition coefficient (Wildman–Crippen LogP) is 1.53. The molecule has 0 aliphatic carbocycles. The van der Waals surface area contributed by atoms with E-state index >= 15 is 0 Å². The zero-order valence-corrected chi connectivity index (χ0v) is 14.4. The SMILES string of the molecule is Cc1ccccc1OCC(O)CN1CCC(C(=O)N(C)C)CC1. The second-order valence-electron chi connectivity index (χ2n) is 6.54. The molecular formula is C18H28N2O3. The maximum atomic E-state index is 12.0. The number of amides is 1. The molecule has 1 atom stereocenters. The molecule has 5 nitrogen and oxygen atoms in total. The van der Waals surface area contributed by atoms with Crippen molar-refractivity contribution in [3.05, 3.63) is 29.8 Å². The molecule has 1 aromatic carbocycles. The number of hydrogen-bond donors (Lipinski definition) is 1. The predicted molar refractivity (Wildman–Crippen MR) is 90.5 cm³/mol. The van der Waals surface area contributed by atoms with E-state index in [1.807, 2.05) is 31.2 Å². The van der Waals surface area contributed by atoms with Crippen LogP contribution in [0.15, 0.2) is 24.3 Å². The van der Waals surface area contributed by atoms with E-state index in [0.29, 0.717) is 13.2 Å². The smallest absolute Gasteiger partial charge is 0.225 e. The molecule has 1 aromatic rings.